The van der Waals surface area contributed by atoms with Crippen molar-refractivity contribution in [2.75, 3.05) is 19.7 Å². The average molecular weight is 290 g/mol. The lowest BCUT2D eigenvalue weighted by molar-refractivity contribution is -0.135. The highest BCUT2D eigenvalue weighted by molar-refractivity contribution is 5.76. The van der Waals surface area contributed by atoms with Gasteiger partial charge in [0.05, 0.1) is 13.0 Å². The van der Waals surface area contributed by atoms with Gasteiger partial charge in [0.15, 0.2) is 0 Å². The molecule has 21 heavy (non-hydrogen) atoms. The van der Waals surface area contributed by atoms with Crippen molar-refractivity contribution in [1.29, 1.82) is 0 Å². The normalized spacial score (nSPS) is 18.6. The van der Waals surface area contributed by atoms with Gasteiger partial charge in [0.2, 0.25) is 5.91 Å². The smallest absolute Gasteiger partial charge is 0.226 e. The first-order valence-corrected chi connectivity index (χ1v) is 7.81. The Bertz CT molecular complexity index is 467. The maximum Gasteiger partial charge on any atom is 0.226 e. The van der Waals surface area contributed by atoms with Gasteiger partial charge in [0.25, 0.3) is 0 Å². The van der Waals surface area contributed by atoms with Gasteiger partial charge in [-0.15, -0.1) is 0 Å². The molecule has 1 amide bonds. The van der Waals surface area contributed by atoms with Gasteiger partial charge in [-0.1, -0.05) is 6.07 Å². The molecule has 1 aromatic rings. The third-order valence-corrected chi connectivity index (χ3v) is 4.00. The van der Waals surface area contributed by atoms with Gasteiger partial charge >= 0.3 is 0 Å². The summed E-state index contributed by atoms with van der Waals surface area (Å²) >= 11 is 0. The summed E-state index contributed by atoms with van der Waals surface area (Å²) in [6.45, 7) is 5.92. The number of piperidine rings is 1. The van der Waals surface area contributed by atoms with E-state index >= 15 is 0 Å². The van der Waals surface area contributed by atoms with E-state index in [2.05, 4.69) is 6.07 Å². The van der Waals surface area contributed by atoms with E-state index in [4.69, 9.17) is 10.5 Å². The fourth-order valence-electron chi connectivity index (χ4n) is 2.99. The molecule has 4 heteroatoms. The highest BCUT2D eigenvalue weighted by atomic mass is 16.5. The van der Waals surface area contributed by atoms with Crippen LogP contribution in [0.1, 0.15) is 36.8 Å². The van der Waals surface area contributed by atoms with Gasteiger partial charge in [-0.25, -0.2) is 0 Å². The lowest BCUT2D eigenvalue weighted by Gasteiger charge is -2.35. The van der Waals surface area contributed by atoms with Crippen LogP contribution in [0.5, 0.6) is 5.75 Å². The molecule has 1 aromatic carbocycles. The first-order chi connectivity index (χ1) is 10.1. The Labute approximate surface area is 127 Å². The average Bonchev–Trinajstić information content (AvgIpc) is 2.46. The SMILES string of the molecule is Cc1cc(C)cc(OCCC(=O)N2CCCCC2CN)c1. The molecule has 1 aliphatic heterocycles. The highest BCUT2D eigenvalue weighted by Gasteiger charge is 2.25. The lowest BCUT2D eigenvalue weighted by atomic mass is 10.0. The molecule has 2 N–H and O–H groups in total. The maximum absolute atomic E-state index is 12.3. The van der Waals surface area contributed by atoms with Crippen molar-refractivity contribution in [3.8, 4) is 5.75 Å². The zero-order valence-corrected chi connectivity index (χ0v) is 13.1. The Balaban J connectivity index is 1.83. The molecule has 0 radical (unpaired) electrons. The number of nitrogens with two attached hydrogens (primary N) is 1. The number of hydrogen-bond donors (Lipinski definition) is 1. The summed E-state index contributed by atoms with van der Waals surface area (Å²) in [5.74, 6) is 1.00. The topological polar surface area (TPSA) is 55.6 Å². The number of ether oxygens (including phenoxy) is 1. The summed E-state index contributed by atoms with van der Waals surface area (Å²) in [5, 5.41) is 0. The monoisotopic (exact) mass is 290 g/mol. The van der Waals surface area contributed by atoms with Crippen LogP contribution in [-0.2, 0) is 4.79 Å². The zero-order valence-electron chi connectivity index (χ0n) is 13.1. The van der Waals surface area contributed by atoms with E-state index < -0.39 is 0 Å². The molecule has 0 aliphatic carbocycles. The van der Waals surface area contributed by atoms with E-state index in [9.17, 15) is 4.79 Å². The van der Waals surface area contributed by atoms with Gasteiger partial charge in [-0.05, 0) is 56.4 Å². The largest absolute Gasteiger partial charge is 0.493 e. The molecule has 0 spiro atoms. The second kappa shape index (κ2) is 7.46. The zero-order chi connectivity index (χ0) is 15.2. The van der Waals surface area contributed by atoms with Gasteiger partial charge in [0, 0.05) is 19.1 Å². The van der Waals surface area contributed by atoms with E-state index in [0.29, 0.717) is 19.6 Å². The van der Waals surface area contributed by atoms with Crippen molar-refractivity contribution in [1.82, 2.24) is 4.90 Å². The van der Waals surface area contributed by atoms with Crippen LogP contribution in [-0.4, -0.2) is 36.5 Å². The molecular weight excluding hydrogens is 264 g/mol. The van der Waals surface area contributed by atoms with Crippen LogP contribution in [0.25, 0.3) is 0 Å². The van der Waals surface area contributed by atoms with E-state index in [1.54, 1.807) is 0 Å². The quantitative estimate of drug-likeness (QED) is 0.906. The molecule has 2 rings (SSSR count). The second-order valence-corrected chi connectivity index (χ2v) is 5.89. The van der Waals surface area contributed by atoms with Crippen LogP contribution >= 0.6 is 0 Å². The summed E-state index contributed by atoms with van der Waals surface area (Å²) in [4.78, 5) is 14.2. The first-order valence-electron chi connectivity index (χ1n) is 7.81. The van der Waals surface area contributed by atoms with Crippen LogP contribution in [0.3, 0.4) is 0 Å². The number of benzene rings is 1. The van der Waals surface area contributed by atoms with E-state index in [0.717, 1.165) is 25.1 Å². The van der Waals surface area contributed by atoms with E-state index in [1.807, 2.05) is 30.9 Å². The van der Waals surface area contributed by atoms with Crippen molar-refractivity contribution in [2.45, 2.75) is 45.6 Å². The van der Waals surface area contributed by atoms with E-state index in [1.165, 1.54) is 17.5 Å². The molecule has 1 atom stereocenters. The molecule has 1 saturated heterocycles. The molecule has 1 unspecified atom stereocenters. The fraction of sp³-hybridized carbons (Fsp3) is 0.588. The second-order valence-electron chi connectivity index (χ2n) is 5.89. The summed E-state index contributed by atoms with van der Waals surface area (Å²) in [5.41, 5.74) is 8.11. The van der Waals surface area contributed by atoms with Crippen molar-refractivity contribution in [2.24, 2.45) is 5.73 Å². The predicted molar refractivity (Wildman–Crippen MR) is 84.4 cm³/mol. The Morgan fingerprint density at radius 3 is 2.67 bits per heavy atom. The van der Waals surface area contributed by atoms with Crippen LogP contribution in [0.4, 0.5) is 0 Å². The summed E-state index contributed by atoms with van der Waals surface area (Å²) < 4.78 is 5.72. The van der Waals surface area contributed by atoms with E-state index in [-0.39, 0.29) is 11.9 Å². The van der Waals surface area contributed by atoms with Gasteiger partial charge in [-0.2, -0.15) is 0 Å². The van der Waals surface area contributed by atoms with Crippen molar-refractivity contribution < 1.29 is 9.53 Å². The number of rotatable bonds is 5. The van der Waals surface area contributed by atoms with Gasteiger partial charge in [-0.3, -0.25) is 4.79 Å². The minimum Gasteiger partial charge on any atom is -0.493 e. The molecule has 4 nitrogen and oxygen atoms in total. The molecule has 1 aliphatic rings. The lowest BCUT2D eigenvalue weighted by Crippen LogP contribution is -2.47. The number of aryl methyl sites for hydroxylation is 2. The van der Waals surface area contributed by atoms with Crippen LogP contribution < -0.4 is 10.5 Å². The predicted octanol–water partition coefficient (Wildman–Crippen LogP) is 2.41. The number of amides is 1. The van der Waals surface area contributed by atoms with Crippen LogP contribution in [0.2, 0.25) is 0 Å². The molecule has 0 bridgehead atoms. The Hall–Kier alpha value is -1.55. The molecule has 1 fully saturated rings. The molecule has 0 aromatic heterocycles. The first kappa shape index (κ1) is 15.8. The summed E-state index contributed by atoms with van der Waals surface area (Å²) in [6, 6.07) is 6.33. The van der Waals surface area contributed by atoms with Gasteiger partial charge < -0.3 is 15.4 Å². The summed E-state index contributed by atoms with van der Waals surface area (Å²) in [7, 11) is 0. The maximum atomic E-state index is 12.3. The number of carbonyl (C=O) groups is 1. The minimum atomic E-state index is 0.162. The van der Waals surface area contributed by atoms with Crippen LogP contribution in [0.15, 0.2) is 18.2 Å². The third kappa shape index (κ3) is 4.46. The van der Waals surface area contributed by atoms with Crippen molar-refractivity contribution in [3.63, 3.8) is 0 Å². The van der Waals surface area contributed by atoms with Gasteiger partial charge in [0.1, 0.15) is 5.75 Å². The Morgan fingerprint density at radius 2 is 2.00 bits per heavy atom. The summed E-state index contributed by atoms with van der Waals surface area (Å²) in [6.07, 6.45) is 3.70. The molecule has 0 saturated carbocycles. The Morgan fingerprint density at radius 1 is 1.29 bits per heavy atom. The standard InChI is InChI=1S/C17H26N2O2/c1-13-9-14(2)11-16(10-13)21-8-6-17(20)19-7-4-3-5-15(19)12-18/h9-11,15H,3-8,12,18H2,1-2H3. The Kier molecular flexibility index (Phi) is 5.62. The number of carbonyl (C=O) groups excluding carboxylic acids is 1. The van der Waals surface area contributed by atoms with Crippen molar-refractivity contribution in [3.05, 3.63) is 29.3 Å². The van der Waals surface area contributed by atoms with Crippen LogP contribution in [0, 0.1) is 13.8 Å². The molecular formula is C17H26N2O2. The number of likely N-dealkylation sites (tertiary alicyclic amines) is 1. The number of hydrogen-bond acceptors (Lipinski definition) is 3. The molecule has 116 valence electrons. The van der Waals surface area contributed by atoms with Crippen molar-refractivity contribution >= 4 is 5.91 Å². The molecule has 1 heterocycles. The number of nitrogens with zero attached hydrogens (tertiary/aromatic N) is 1. The third-order valence-electron chi connectivity index (χ3n) is 4.00. The minimum absolute atomic E-state index is 0.162. The fourth-order valence-corrected chi connectivity index (χ4v) is 2.99. The highest BCUT2D eigenvalue weighted by Crippen LogP contribution is 2.18.